The van der Waals surface area contributed by atoms with Gasteiger partial charge in [0.25, 0.3) is 0 Å². The van der Waals surface area contributed by atoms with Crippen LogP contribution in [0.25, 0.3) is 11.1 Å². The Morgan fingerprint density at radius 2 is 1.64 bits per heavy atom. The minimum atomic E-state index is -3.92. The first-order chi connectivity index (χ1) is 21.5. The number of urea groups is 1. The van der Waals surface area contributed by atoms with Crippen molar-refractivity contribution in [3.8, 4) is 16.9 Å². The highest BCUT2D eigenvalue weighted by Gasteiger charge is 2.17. The number of nitrogens with two attached hydrogens (primary N) is 2. The molecule has 10 nitrogen and oxygen atoms in total. The van der Waals surface area contributed by atoms with E-state index >= 15 is 0 Å². The summed E-state index contributed by atoms with van der Waals surface area (Å²) in [6.07, 6.45) is 1.76. The van der Waals surface area contributed by atoms with Crippen LogP contribution >= 0.6 is 0 Å². The highest BCUT2D eigenvalue weighted by atomic mass is 32.2. The van der Waals surface area contributed by atoms with Crippen LogP contribution in [0.1, 0.15) is 37.3 Å². The summed E-state index contributed by atoms with van der Waals surface area (Å²) in [5.74, 6) is -0.410. The largest absolute Gasteiger partial charge is 0.441 e. The van der Waals surface area contributed by atoms with E-state index in [4.69, 9.17) is 15.6 Å². The molecule has 0 atom stereocenters. The van der Waals surface area contributed by atoms with E-state index in [0.29, 0.717) is 28.9 Å². The summed E-state index contributed by atoms with van der Waals surface area (Å²) in [4.78, 5) is 31.1. The third kappa shape index (κ3) is 9.46. The Balaban J connectivity index is 1.47. The highest BCUT2D eigenvalue weighted by Crippen LogP contribution is 2.27. The first kappa shape index (κ1) is 32.8. The van der Waals surface area contributed by atoms with Gasteiger partial charge in [-0.2, -0.15) is 4.99 Å². The van der Waals surface area contributed by atoms with Gasteiger partial charge in [-0.05, 0) is 66.1 Å². The smallest absolute Gasteiger partial charge is 0.409 e. The van der Waals surface area contributed by atoms with Crippen LogP contribution in [0.4, 0.5) is 19.7 Å². The quantitative estimate of drug-likeness (QED) is 0.101. The van der Waals surface area contributed by atoms with E-state index in [2.05, 4.69) is 17.2 Å². The van der Waals surface area contributed by atoms with Crippen molar-refractivity contribution in [3.63, 3.8) is 0 Å². The number of rotatable bonds is 11. The topological polar surface area (TPSA) is 157 Å². The molecule has 0 aliphatic heterocycles. The van der Waals surface area contributed by atoms with Crippen LogP contribution in [0.2, 0.25) is 0 Å². The third-order valence-corrected chi connectivity index (χ3v) is 7.76. The van der Waals surface area contributed by atoms with Crippen molar-refractivity contribution in [3.05, 3.63) is 114 Å². The second-order valence-corrected chi connectivity index (χ2v) is 11.7. The van der Waals surface area contributed by atoms with Crippen LogP contribution in [0.3, 0.4) is 0 Å². The summed E-state index contributed by atoms with van der Waals surface area (Å²) in [5, 5.41) is 8.30. The lowest BCUT2D eigenvalue weighted by atomic mass is 10.1. The molecular formula is C33H34FN5O5S. The Morgan fingerprint density at radius 3 is 2.33 bits per heavy atom. The number of carbonyl (C=O) groups excluding carboxylic acids is 2. The number of nitrogens with zero attached hydrogens (tertiary/aromatic N) is 2. The van der Waals surface area contributed by atoms with Gasteiger partial charge in [-0.3, -0.25) is 0 Å². The maximum Gasteiger partial charge on any atom is 0.441 e. The van der Waals surface area contributed by atoms with Gasteiger partial charge in [-0.25, -0.2) is 27.5 Å². The molecule has 0 spiro atoms. The molecule has 45 heavy (non-hydrogen) atoms. The SMILES string of the molecule is CCCCCN(Cc1cccc(C(N)=NC(=O)Oc2ccc(F)cc2)c1)C(=O)Nc1ccc(-c2ccccc2S(N)(=O)=O)cc1. The van der Waals surface area contributed by atoms with Crippen LogP contribution in [0.5, 0.6) is 5.75 Å². The van der Waals surface area contributed by atoms with E-state index < -0.39 is 21.9 Å². The van der Waals surface area contributed by atoms with Gasteiger partial charge in [0.15, 0.2) is 0 Å². The van der Waals surface area contributed by atoms with E-state index in [1.54, 1.807) is 65.6 Å². The van der Waals surface area contributed by atoms with Crippen molar-refractivity contribution >= 4 is 33.7 Å². The minimum absolute atomic E-state index is 0.0153. The van der Waals surface area contributed by atoms with Crippen LogP contribution in [0, 0.1) is 5.82 Å². The van der Waals surface area contributed by atoms with Gasteiger partial charge in [0.05, 0.1) is 4.90 Å². The molecule has 0 saturated heterocycles. The molecule has 0 aliphatic carbocycles. The van der Waals surface area contributed by atoms with Gasteiger partial charge in [0, 0.05) is 29.9 Å². The number of primary sulfonamides is 1. The zero-order chi connectivity index (χ0) is 32.4. The fourth-order valence-electron chi connectivity index (χ4n) is 4.53. The van der Waals surface area contributed by atoms with E-state index in [0.717, 1.165) is 37.0 Å². The lowest BCUT2D eigenvalue weighted by Gasteiger charge is -2.24. The zero-order valence-corrected chi connectivity index (χ0v) is 25.5. The van der Waals surface area contributed by atoms with E-state index in [1.807, 2.05) is 6.07 Å². The maximum absolute atomic E-state index is 13.4. The van der Waals surface area contributed by atoms with Crippen LogP contribution in [-0.4, -0.2) is 37.8 Å². The molecule has 0 bridgehead atoms. The van der Waals surface area contributed by atoms with E-state index in [9.17, 15) is 22.4 Å². The molecule has 3 amide bonds. The first-order valence-corrected chi connectivity index (χ1v) is 15.8. The summed E-state index contributed by atoms with van der Waals surface area (Å²) >= 11 is 0. The summed E-state index contributed by atoms with van der Waals surface area (Å²) < 4.78 is 42.2. The number of ether oxygens (including phenoxy) is 1. The van der Waals surface area contributed by atoms with Gasteiger partial charge in [0.1, 0.15) is 17.4 Å². The molecule has 0 saturated carbocycles. The number of sulfonamides is 1. The number of amides is 3. The molecular weight excluding hydrogens is 597 g/mol. The number of carbonyl (C=O) groups is 2. The van der Waals surface area contributed by atoms with Crippen molar-refractivity contribution in [1.82, 2.24) is 4.90 Å². The number of anilines is 1. The number of benzene rings is 4. The molecule has 4 aromatic rings. The van der Waals surface area contributed by atoms with Crippen molar-refractivity contribution in [2.75, 3.05) is 11.9 Å². The molecule has 0 heterocycles. The number of halogens is 1. The summed E-state index contributed by atoms with van der Waals surface area (Å²) in [5.41, 5.74) is 8.93. The summed E-state index contributed by atoms with van der Waals surface area (Å²) in [6.45, 7) is 2.83. The van der Waals surface area contributed by atoms with Crippen molar-refractivity contribution in [2.24, 2.45) is 15.9 Å². The predicted octanol–water partition coefficient (Wildman–Crippen LogP) is 6.27. The third-order valence-electron chi connectivity index (χ3n) is 6.79. The second-order valence-electron chi connectivity index (χ2n) is 10.2. The number of unbranched alkanes of at least 4 members (excludes halogenated alkanes) is 2. The monoisotopic (exact) mass is 631 g/mol. The van der Waals surface area contributed by atoms with Crippen LogP contribution in [-0.2, 0) is 16.6 Å². The lowest BCUT2D eigenvalue weighted by molar-refractivity contribution is 0.207. The summed E-state index contributed by atoms with van der Waals surface area (Å²) in [7, 11) is -3.92. The minimum Gasteiger partial charge on any atom is -0.409 e. The van der Waals surface area contributed by atoms with E-state index in [1.165, 1.54) is 18.2 Å². The number of aliphatic imine (C=N–C) groups is 1. The Morgan fingerprint density at radius 1 is 0.933 bits per heavy atom. The lowest BCUT2D eigenvalue weighted by Crippen LogP contribution is -2.35. The molecule has 4 aromatic carbocycles. The highest BCUT2D eigenvalue weighted by molar-refractivity contribution is 7.89. The van der Waals surface area contributed by atoms with Gasteiger partial charge >= 0.3 is 12.1 Å². The van der Waals surface area contributed by atoms with Crippen LogP contribution in [0.15, 0.2) is 107 Å². The predicted molar refractivity (Wildman–Crippen MR) is 172 cm³/mol. The molecule has 0 unspecified atom stereocenters. The van der Waals surface area contributed by atoms with Gasteiger partial charge < -0.3 is 20.7 Å². The fraction of sp³-hybridized carbons (Fsp3) is 0.182. The molecule has 0 radical (unpaired) electrons. The molecule has 12 heteroatoms. The number of amidine groups is 1. The molecule has 0 aromatic heterocycles. The Hall–Kier alpha value is -5.07. The number of nitrogens with one attached hydrogen (secondary N) is 1. The fourth-order valence-corrected chi connectivity index (χ4v) is 5.29. The summed E-state index contributed by atoms with van der Waals surface area (Å²) in [6, 6.07) is 24.9. The van der Waals surface area contributed by atoms with E-state index in [-0.39, 0.29) is 29.1 Å². The average molecular weight is 632 g/mol. The molecule has 5 N–H and O–H groups in total. The molecule has 4 rings (SSSR count). The van der Waals surface area contributed by atoms with Gasteiger partial charge in [0.2, 0.25) is 10.0 Å². The van der Waals surface area contributed by atoms with Crippen molar-refractivity contribution in [2.45, 2.75) is 37.6 Å². The maximum atomic E-state index is 13.4. The standard InChI is InChI=1S/C33H34FN5O5S/c1-2-3-6-20-39(32(40)37-27-16-12-24(13-17-27)29-10-4-5-11-30(29)45(36,42)43)22-23-8-7-9-25(21-23)31(35)38-33(41)44-28-18-14-26(34)15-19-28/h4-5,7-19,21H,2-3,6,20,22H2,1H3,(H,37,40)(H2,35,38,41)(H2,36,42,43). The molecule has 0 aliphatic rings. The average Bonchev–Trinajstić information content (AvgIpc) is 3.02. The zero-order valence-electron chi connectivity index (χ0n) is 24.6. The first-order valence-electron chi connectivity index (χ1n) is 14.2. The molecule has 234 valence electrons. The normalized spacial score (nSPS) is 11.6. The Kier molecular flexibility index (Phi) is 11.0. The molecule has 0 fully saturated rings. The number of hydrogen-bond acceptors (Lipinski definition) is 5. The van der Waals surface area contributed by atoms with Gasteiger partial charge in [-0.1, -0.05) is 68.3 Å². The van der Waals surface area contributed by atoms with Crippen molar-refractivity contribution < 1.29 is 27.1 Å². The van der Waals surface area contributed by atoms with Crippen LogP contribution < -0.4 is 20.9 Å². The number of hydrogen-bond donors (Lipinski definition) is 3. The Labute approximate surface area is 261 Å². The second kappa shape index (κ2) is 15.1. The van der Waals surface area contributed by atoms with Crippen molar-refractivity contribution in [1.29, 1.82) is 0 Å². The Bertz CT molecular complexity index is 1780. The van der Waals surface area contributed by atoms with Gasteiger partial charge in [-0.15, -0.1) is 0 Å².